The van der Waals surface area contributed by atoms with Crippen LogP contribution in [-0.4, -0.2) is 51.9 Å². The molecule has 1 saturated heterocycles. The minimum Gasteiger partial charge on any atom is -0.355 e. The number of amides is 1. The van der Waals surface area contributed by atoms with Gasteiger partial charge in [0, 0.05) is 37.4 Å². The predicted octanol–water partition coefficient (Wildman–Crippen LogP) is 2.40. The van der Waals surface area contributed by atoms with E-state index >= 15 is 0 Å². The molecule has 1 atom stereocenters. The molecule has 142 valence electrons. The molecule has 3 aromatic heterocycles. The molecule has 1 amide bonds. The molecule has 2 N–H and O–H groups in total. The first-order valence-corrected chi connectivity index (χ1v) is 8.60. The molecule has 1 fully saturated rings. The van der Waals surface area contributed by atoms with Gasteiger partial charge in [0.05, 0.1) is 23.2 Å². The van der Waals surface area contributed by atoms with E-state index in [1.807, 2.05) is 11.0 Å². The first-order chi connectivity index (χ1) is 12.9. The SMILES string of the molecule is O=C(NCCC(F)(F)F)C1CCN(c2nccc3nnc4[nH]ccc4c23)C1. The molecule has 27 heavy (non-hydrogen) atoms. The van der Waals surface area contributed by atoms with E-state index in [0.717, 1.165) is 10.8 Å². The van der Waals surface area contributed by atoms with Gasteiger partial charge in [-0.15, -0.1) is 10.2 Å². The fourth-order valence-corrected chi connectivity index (χ4v) is 3.41. The van der Waals surface area contributed by atoms with E-state index in [-0.39, 0.29) is 11.8 Å². The number of aromatic nitrogens is 4. The van der Waals surface area contributed by atoms with Gasteiger partial charge < -0.3 is 15.2 Å². The van der Waals surface area contributed by atoms with Crippen LogP contribution in [-0.2, 0) is 4.79 Å². The second kappa shape index (κ2) is 6.67. The van der Waals surface area contributed by atoms with Crippen molar-refractivity contribution in [2.75, 3.05) is 24.5 Å². The Morgan fingerprint density at radius 3 is 3.00 bits per heavy atom. The Balaban J connectivity index is 1.52. The molecule has 1 aliphatic heterocycles. The summed E-state index contributed by atoms with van der Waals surface area (Å²) >= 11 is 0. The molecule has 0 spiro atoms. The van der Waals surface area contributed by atoms with Crippen molar-refractivity contribution < 1.29 is 18.0 Å². The molecule has 1 unspecified atom stereocenters. The van der Waals surface area contributed by atoms with E-state index in [1.54, 1.807) is 18.5 Å². The van der Waals surface area contributed by atoms with Crippen LogP contribution in [0.3, 0.4) is 0 Å². The lowest BCUT2D eigenvalue weighted by atomic mass is 10.1. The number of fused-ring (bicyclic) bond motifs is 3. The van der Waals surface area contributed by atoms with Gasteiger partial charge >= 0.3 is 6.18 Å². The summed E-state index contributed by atoms with van der Waals surface area (Å²) in [6, 6.07) is 3.67. The quantitative estimate of drug-likeness (QED) is 0.728. The Hall–Kier alpha value is -2.91. The number of nitrogens with zero attached hydrogens (tertiary/aromatic N) is 4. The summed E-state index contributed by atoms with van der Waals surface area (Å²) < 4.78 is 36.7. The molecular formula is C17H17F3N6O. The van der Waals surface area contributed by atoms with Gasteiger partial charge in [-0.2, -0.15) is 13.2 Å². The van der Waals surface area contributed by atoms with Crippen molar-refractivity contribution in [2.24, 2.45) is 5.92 Å². The fraction of sp³-hybridized carbons (Fsp3) is 0.412. The smallest absolute Gasteiger partial charge is 0.355 e. The molecule has 0 saturated carbocycles. The van der Waals surface area contributed by atoms with Gasteiger partial charge in [-0.1, -0.05) is 0 Å². The van der Waals surface area contributed by atoms with Gasteiger partial charge in [-0.05, 0) is 18.6 Å². The van der Waals surface area contributed by atoms with Crippen LogP contribution in [0.15, 0.2) is 24.5 Å². The Morgan fingerprint density at radius 1 is 1.33 bits per heavy atom. The van der Waals surface area contributed by atoms with Crippen LogP contribution in [0.2, 0.25) is 0 Å². The third-order valence-electron chi connectivity index (χ3n) is 4.73. The van der Waals surface area contributed by atoms with E-state index in [9.17, 15) is 18.0 Å². The van der Waals surface area contributed by atoms with E-state index in [1.165, 1.54) is 0 Å². The van der Waals surface area contributed by atoms with Crippen LogP contribution < -0.4 is 10.2 Å². The summed E-state index contributed by atoms with van der Waals surface area (Å²) in [5.74, 6) is -0.0158. The molecule has 1 aliphatic rings. The Labute approximate surface area is 152 Å². The largest absolute Gasteiger partial charge is 0.390 e. The Bertz CT molecular complexity index is 986. The molecule has 0 aromatic carbocycles. The second-order valence-corrected chi connectivity index (χ2v) is 6.56. The third kappa shape index (κ3) is 3.51. The lowest BCUT2D eigenvalue weighted by Gasteiger charge is -2.19. The average Bonchev–Trinajstić information content (AvgIpc) is 3.29. The van der Waals surface area contributed by atoms with Crippen LogP contribution in [0.5, 0.6) is 0 Å². The molecule has 0 radical (unpaired) electrons. The van der Waals surface area contributed by atoms with Crippen LogP contribution in [0.4, 0.5) is 19.0 Å². The summed E-state index contributed by atoms with van der Waals surface area (Å²) in [5, 5.41) is 12.4. The zero-order valence-electron chi connectivity index (χ0n) is 14.3. The molecule has 4 rings (SSSR count). The first-order valence-electron chi connectivity index (χ1n) is 8.60. The Kier molecular flexibility index (Phi) is 4.33. The summed E-state index contributed by atoms with van der Waals surface area (Å²) in [6.07, 6.45) is -1.32. The zero-order valence-corrected chi connectivity index (χ0v) is 14.3. The lowest BCUT2D eigenvalue weighted by molar-refractivity contribution is -0.136. The lowest BCUT2D eigenvalue weighted by Crippen LogP contribution is -2.35. The molecule has 10 heteroatoms. The van der Waals surface area contributed by atoms with Crippen molar-refractivity contribution >= 4 is 33.7 Å². The monoisotopic (exact) mass is 378 g/mol. The topological polar surface area (TPSA) is 86.8 Å². The van der Waals surface area contributed by atoms with Crippen LogP contribution in [0, 0.1) is 5.92 Å². The number of hydrogen-bond acceptors (Lipinski definition) is 5. The number of pyridine rings is 1. The van der Waals surface area contributed by atoms with Gasteiger partial charge in [-0.3, -0.25) is 4.79 Å². The van der Waals surface area contributed by atoms with E-state index in [4.69, 9.17) is 0 Å². The van der Waals surface area contributed by atoms with Gasteiger partial charge in [0.2, 0.25) is 5.91 Å². The number of carbonyl (C=O) groups is 1. The number of alkyl halides is 3. The van der Waals surface area contributed by atoms with Gasteiger partial charge in [0.25, 0.3) is 0 Å². The number of rotatable bonds is 4. The van der Waals surface area contributed by atoms with Crippen molar-refractivity contribution in [1.29, 1.82) is 0 Å². The number of halogens is 3. The highest BCUT2D eigenvalue weighted by molar-refractivity contribution is 6.08. The highest BCUT2D eigenvalue weighted by Crippen LogP contribution is 2.32. The molecular weight excluding hydrogens is 361 g/mol. The average molecular weight is 378 g/mol. The van der Waals surface area contributed by atoms with Crippen LogP contribution >= 0.6 is 0 Å². The van der Waals surface area contributed by atoms with Crippen LogP contribution in [0.1, 0.15) is 12.8 Å². The van der Waals surface area contributed by atoms with Crippen molar-refractivity contribution in [3.63, 3.8) is 0 Å². The number of hydrogen-bond donors (Lipinski definition) is 2. The zero-order chi connectivity index (χ0) is 19.0. The number of anilines is 1. The van der Waals surface area contributed by atoms with Gasteiger partial charge in [-0.25, -0.2) is 4.98 Å². The van der Waals surface area contributed by atoms with Gasteiger partial charge in [0.15, 0.2) is 5.65 Å². The van der Waals surface area contributed by atoms with Gasteiger partial charge in [0.1, 0.15) is 5.82 Å². The molecule has 0 bridgehead atoms. The highest BCUT2D eigenvalue weighted by Gasteiger charge is 2.31. The molecule has 3 aromatic rings. The number of nitrogens with one attached hydrogen (secondary N) is 2. The number of H-pyrrole nitrogens is 1. The highest BCUT2D eigenvalue weighted by atomic mass is 19.4. The van der Waals surface area contributed by atoms with E-state index in [2.05, 4.69) is 25.5 Å². The van der Waals surface area contributed by atoms with Crippen molar-refractivity contribution in [3.8, 4) is 0 Å². The summed E-state index contributed by atoms with van der Waals surface area (Å²) in [4.78, 5) is 21.7. The maximum Gasteiger partial charge on any atom is 0.390 e. The first kappa shape index (κ1) is 17.5. The maximum atomic E-state index is 12.2. The summed E-state index contributed by atoms with van der Waals surface area (Å²) in [6.45, 7) is 0.598. The summed E-state index contributed by atoms with van der Waals surface area (Å²) in [7, 11) is 0. The van der Waals surface area contributed by atoms with Crippen molar-refractivity contribution in [1.82, 2.24) is 25.5 Å². The normalized spacial score (nSPS) is 17.7. The molecule has 4 heterocycles. The van der Waals surface area contributed by atoms with E-state index < -0.39 is 19.1 Å². The maximum absolute atomic E-state index is 12.2. The minimum atomic E-state index is -4.27. The fourth-order valence-electron chi connectivity index (χ4n) is 3.41. The third-order valence-corrected chi connectivity index (χ3v) is 4.73. The Morgan fingerprint density at radius 2 is 2.19 bits per heavy atom. The van der Waals surface area contributed by atoms with Crippen LogP contribution in [0.25, 0.3) is 21.9 Å². The minimum absolute atomic E-state index is 0.353. The second-order valence-electron chi connectivity index (χ2n) is 6.56. The summed E-state index contributed by atoms with van der Waals surface area (Å²) in [5.41, 5.74) is 1.35. The number of aromatic amines is 1. The predicted molar refractivity (Wildman–Crippen MR) is 93.2 cm³/mol. The molecule has 7 nitrogen and oxygen atoms in total. The standard InChI is InChI=1S/C17H17F3N6O/c18-17(19,20)4-7-23-16(27)10-3-8-26(9-10)15-13-11-1-5-21-14(11)25-24-12(13)2-6-22-15/h1-2,5-6,10H,3-4,7-9H2,(H,21,25)(H,23,27). The van der Waals surface area contributed by atoms with E-state index in [0.29, 0.717) is 36.5 Å². The molecule has 0 aliphatic carbocycles. The number of carbonyl (C=O) groups excluding carboxylic acids is 1. The van der Waals surface area contributed by atoms with Crippen molar-refractivity contribution in [2.45, 2.75) is 19.0 Å². The van der Waals surface area contributed by atoms with Crippen molar-refractivity contribution in [3.05, 3.63) is 24.5 Å².